The molecule has 2 unspecified atom stereocenters. The molecular formula is C28H36N2O5. The molecule has 1 aliphatic carbocycles. The van der Waals surface area contributed by atoms with Crippen molar-refractivity contribution < 1.29 is 24.2 Å². The van der Waals surface area contributed by atoms with Gasteiger partial charge in [0, 0.05) is 12.5 Å². The molecular weight excluding hydrogens is 444 g/mol. The first-order valence-electron chi connectivity index (χ1n) is 12.4. The third-order valence-electron chi connectivity index (χ3n) is 6.49. The van der Waals surface area contributed by atoms with Crippen molar-refractivity contribution in [1.82, 2.24) is 10.6 Å². The topological polar surface area (TPSA) is 105 Å². The molecule has 7 nitrogen and oxygen atoms in total. The number of rotatable bonds is 12. The number of aliphatic carboxylic acids is 1. The van der Waals surface area contributed by atoms with Crippen LogP contribution >= 0.6 is 0 Å². The molecule has 0 aromatic heterocycles. The summed E-state index contributed by atoms with van der Waals surface area (Å²) in [6.07, 6.45) is 1.75. The monoisotopic (exact) mass is 480 g/mol. The van der Waals surface area contributed by atoms with Crippen LogP contribution in [-0.2, 0) is 14.3 Å². The van der Waals surface area contributed by atoms with Gasteiger partial charge in [0.25, 0.3) is 0 Å². The number of nitrogens with one attached hydrogen (secondary N) is 2. The Morgan fingerprint density at radius 3 is 2.09 bits per heavy atom. The summed E-state index contributed by atoms with van der Waals surface area (Å²) in [5, 5.41) is 14.8. The van der Waals surface area contributed by atoms with E-state index in [4.69, 9.17) is 4.74 Å². The van der Waals surface area contributed by atoms with Crippen molar-refractivity contribution in [3.63, 3.8) is 0 Å². The summed E-state index contributed by atoms with van der Waals surface area (Å²) in [5.41, 5.74) is 4.57. The molecule has 35 heavy (non-hydrogen) atoms. The first kappa shape index (κ1) is 26.3. The van der Waals surface area contributed by atoms with Gasteiger partial charge >= 0.3 is 12.1 Å². The van der Waals surface area contributed by atoms with Gasteiger partial charge in [0.1, 0.15) is 12.6 Å². The van der Waals surface area contributed by atoms with Crippen LogP contribution in [0.5, 0.6) is 0 Å². The highest BCUT2D eigenvalue weighted by Gasteiger charge is 2.29. The molecule has 3 rings (SSSR count). The van der Waals surface area contributed by atoms with E-state index in [0.29, 0.717) is 25.2 Å². The molecule has 7 heteroatoms. The summed E-state index contributed by atoms with van der Waals surface area (Å²) in [6.45, 7) is 6.26. The summed E-state index contributed by atoms with van der Waals surface area (Å²) in [4.78, 5) is 36.9. The van der Waals surface area contributed by atoms with E-state index in [1.165, 1.54) is 0 Å². The maximum Gasteiger partial charge on any atom is 0.407 e. The van der Waals surface area contributed by atoms with Gasteiger partial charge in [-0.2, -0.15) is 0 Å². The predicted molar refractivity (Wildman–Crippen MR) is 135 cm³/mol. The fourth-order valence-electron chi connectivity index (χ4n) is 4.58. The Bertz CT molecular complexity index is 990. The number of amides is 2. The molecule has 2 aromatic carbocycles. The summed E-state index contributed by atoms with van der Waals surface area (Å²) in [5.74, 6) is -1.63. The van der Waals surface area contributed by atoms with Crippen LogP contribution in [-0.4, -0.2) is 42.3 Å². The van der Waals surface area contributed by atoms with Crippen LogP contribution in [0.15, 0.2) is 48.5 Å². The van der Waals surface area contributed by atoms with Crippen LogP contribution in [0, 0.1) is 11.8 Å². The molecule has 0 heterocycles. The van der Waals surface area contributed by atoms with Crippen molar-refractivity contribution >= 4 is 18.0 Å². The number of carbonyl (C=O) groups excluding carboxylic acids is 2. The van der Waals surface area contributed by atoms with Gasteiger partial charge in [-0.1, -0.05) is 75.7 Å². The molecule has 0 bridgehead atoms. The highest BCUT2D eigenvalue weighted by atomic mass is 16.5. The van der Waals surface area contributed by atoms with Crippen molar-refractivity contribution in [1.29, 1.82) is 0 Å². The quantitative estimate of drug-likeness (QED) is 0.399. The average Bonchev–Trinajstić information content (AvgIpc) is 3.16. The fourth-order valence-corrected chi connectivity index (χ4v) is 4.58. The molecule has 2 amide bonds. The van der Waals surface area contributed by atoms with Crippen LogP contribution in [0.3, 0.4) is 0 Å². The molecule has 0 aliphatic heterocycles. The second-order valence-corrected chi connectivity index (χ2v) is 9.56. The van der Waals surface area contributed by atoms with Crippen molar-refractivity contribution in [2.75, 3.05) is 13.2 Å². The summed E-state index contributed by atoms with van der Waals surface area (Å²) in [7, 11) is 0. The van der Waals surface area contributed by atoms with E-state index in [-0.39, 0.29) is 25.0 Å². The minimum atomic E-state index is -1.04. The van der Waals surface area contributed by atoms with Gasteiger partial charge in [-0.3, -0.25) is 4.79 Å². The van der Waals surface area contributed by atoms with E-state index < -0.39 is 24.0 Å². The molecule has 0 spiro atoms. The number of ether oxygens (including phenoxy) is 1. The predicted octanol–water partition coefficient (Wildman–Crippen LogP) is 4.95. The molecule has 1 aliphatic rings. The lowest BCUT2D eigenvalue weighted by Gasteiger charge is -2.21. The van der Waals surface area contributed by atoms with Crippen molar-refractivity contribution in [2.24, 2.45) is 11.8 Å². The maximum atomic E-state index is 12.8. The van der Waals surface area contributed by atoms with E-state index in [9.17, 15) is 19.5 Å². The molecule has 2 aromatic rings. The minimum absolute atomic E-state index is 0.0415. The van der Waals surface area contributed by atoms with E-state index in [0.717, 1.165) is 28.7 Å². The standard InChI is InChI=1S/C28H36N2O5/c1-4-9-19(26(31)30-25(27(32)33)15-14-18(2)3)16-29-28(34)35-17-24-22-12-7-5-10-20(22)21-11-6-8-13-23(21)24/h5-8,10-13,18-19,24-25H,4,9,14-17H2,1-3H3,(H,29,34)(H,30,31)(H,32,33). The lowest BCUT2D eigenvalue weighted by Crippen LogP contribution is -2.46. The van der Waals surface area contributed by atoms with E-state index in [1.807, 2.05) is 45.0 Å². The number of benzene rings is 2. The summed E-state index contributed by atoms with van der Waals surface area (Å²) < 4.78 is 5.56. The van der Waals surface area contributed by atoms with Gasteiger partial charge in [0.05, 0.1) is 5.92 Å². The summed E-state index contributed by atoms with van der Waals surface area (Å²) >= 11 is 0. The van der Waals surface area contributed by atoms with Gasteiger partial charge in [-0.15, -0.1) is 0 Å². The van der Waals surface area contributed by atoms with Crippen molar-refractivity contribution in [2.45, 2.75) is 58.4 Å². The second kappa shape index (κ2) is 12.4. The molecule has 0 saturated heterocycles. The normalized spacial score (nSPS) is 14.1. The zero-order chi connectivity index (χ0) is 25.4. The zero-order valence-corrected chi connectivity index (χ0v) is 20.8. The largest absolute Gasteiger partial charge is 0.480 e. The van der Waals surface area contributed by atoms with Gasteiger partial charge in [-0.05, 0) is 47.4 Å². The van der Waals surface area contributed by atoms with Crippen LogP contribution in [0.25, 0.3) is 11.1 Å². The Hall–Kier alpha value is -3.35. The minimum Gasteiger partial charge on any atom is -0.480 e. The van der Waals surface area contributed by atoms with Gasteiger partial charge < -0.3 is 20.5 Å². The van der Waals surface area contributed by atoms with Gasteiger partial charge in [0.15, 0.2) is 0 Å². The highest BCUT2D eigenvalue weighted by Crippen LogP contribution is 2.44. The Morgan fingerprint density at radius 1 is 0.943 bits per heavy atom. The Kier molecular flexibility index (Phi) is 9.29. The number of fused-ring (bicyclic) bond motifs is 3. The number of carbonyl (C=O) groups is 3. The molecule has 3 N–H and O–H groups in total. The smallest absolute Gasteiger partial charge is 0.407 e. The third kappa shape index (κ3) is 6.84. The first-order valence-corrected chi connectivity index (χ1v) is 12.4. The van der Waals surface area contributed by atoms with E-state index >= 15 is 0 Å². The van der Waals surface area contributed by atoms with Crippen LogP contribution in [0.4, 0.5) is 4.79 Å². The molecule has 0 saturated carbocycles. The fraction of sp³-hybridized carbons (Fsp3) is 0.464. The number of alkyl carbamates (subject to hydrolysis) is 1. The number of hydrogen-bond acceptors (Lipinski definition) is 4. The van der Waals surface area contributed by atoms with Crippen molar-refractivity contribution in [3.05, 3.63) is 59.7 Å². The number of hydrogen-bond donors (Lipinski definition) is 3. The molecule has 0 fully saturated rings. The number of carboxylic acids is 1. The number of carboxylic acid groups (broad SMARTS) is 1. The Morgan fingerprint density at radius 2 is 1.54 bits per heavy atom. The lowest BCUT2D eigenvalue weighted by molar-refractivity contribution is -0.142. The Balaban J connectivity index is 1.55. The zero-order valence-electron chi connectivity index (χ0n) is 20.8. The average molecular weight is 481 g/mol. The van der Waals surface area contributed by atoms with Gasteiger partial charge in [-0.25, -0.2) is 9.59 Å². The third-order valence-corrected chi connectivity index (χ3v) is 6.49. The Labute approximate surface area is 207 Å². The van der Waals surface area contributed by atoms with E-state index in [2.05, 4.69) is 34.9 Å². The van der Waals surface area contributed by atoms with Crippen LogP contribution in [0.2, 0.25) is 0 Å². The first-order chi connectivity index (χ1) is 16.8. The summed E-state index contributed by atoms with van der Waals surface area (Å²) in [6, 6.07) is 15.3. The molecule has 188 valence electrons. The van der Waals surface area contributed by atoms with Crippen LogP contribution < -0.4 is 10.6 Å². The van der Waals surface area contributed by atoms with E-state index in [1.54, 1.807) is 0 Å². The van der Waals surface area contributed by atoms with Crippen molar-refractivity contribution in [3.8, 4) is 11.1 Å². The highest BCUT2D eigenvalue weighted by molar-refractivity contribution is 5.85. The SMILES string of the molecule is CCCC(CNC(=O)OCC1c2ccccc2-c2ccccc21)C(=O)NC(CCC(C)C)C(=O)O. The maximum absolute atomic E-state index is 12.8. The van der Waals surface area contributed by atoms with Gasteiger partial charge in [0.2, 0.25) is 5.91 Å². The molecule has 2 atom stereocenters. The lowest BCUT2D eigenvalue weighted by atomic mass is 9.98. The van der Waals surface area contributed by atoms with Crippen LogP contribution in [0.1, 0.15) is 63.5 Å². The second-order valence-electron chi connectivity index (χ2n) is 9.56. The molecule has 0 radical (unpaired) electrons.